The molecule has 7 nitrogen and oxygen atoms in total. The number of ether oxygens (including phenoxy) is 2. The lowest BCUT2D eigenvalue weighted by atomic mass is 9.42. The summed E-state index contributed by atoms with van der Waals surface area (Å²) in [4.78, 5) is 28.2. The zero-order chi connectivity index (χ0) is 35.6. The molecule has 1 aliphatic heterocycles. The van der Waals surface area contributed by atoms with Gasteiger partial charge in [-0.3, -0.25) is 4.79 Å². The maximum Gasteiger partial charge on any atom is 0.378 e. The van der Waals surface area contributed by atoms with E-state index in [1.54, 1.807) is 0 Å². The lowest BCUT2D eigenvalue weighted by Gasteiger charge is -2.61. The van der Waals surface area contributed by atoms with Crippen molar-refractivity contribution in [2.45, 2.75) is 190 Å². The number of hydrogen-bond acceptors (Lipinski definition) is 7. The monoisotopic (exact) mass is 667 g/mol. The predicted octanol–water partition coefficient (Wildman–Crippen LogP) is 10.2. The molecule has 1 heterocycles. The van der Waals surface area contributed by atoms with Crippen molar-refractivity contribution in [1.82, 2.24) is 0 Å². The van der Waals surface area contributed by atoms with E-state index in [1.807, 2.05) is 0 Å². The summed E-state index contributed by atoms with van der Waals surface area (Å²) >= 11 is 0. The van der Waals surface area contributed by atoms with Crippen molar-refractivity contribution >= 4 is 11.9 Å². The van der Waals surface area contributed by atoms with E-state index in [-0.39, 0.29) is 29.4 Å². The van der Waals surface area contributed by atoms with Crippen molar-refractivity contribution in [3.8, 4) is 0 Å². The molecular formula is C40H74O7. The quantitative estimate of drug-likeness (QED) is 0.0590. The summed E-state index contributed by atoms with van der Waals surface area (Å²) in [5.41, 5.74) is -1.35. The van der Waals surface area contributed by atoms with E-state index in [2.05, 4.69) is 62.3 Å². The van der Waals surface area contributed by atoms with Crippen LogP contribution in [0.25, 0.3) is 0 Å². The SMILES string of the molecule is CCCCCCCC(C(C)CCCC)(C(C)CCCC)C(C(=O)OC1=C(O)C(=O)O[C@@H]1[C@@H](O)CO)(C(C)CCCC)C(C)CCCC. The minimum Gasteiger partial charge on any atom is -0.499 e. The van der Waals surface area contributed by atoms with Crippen molar-refractivity contribution in [3.05, 3.63) is 11.5 Å². The largest absolute Gasteiger partial charge is 0.499 e. The third-order valence-corrected chi connectivity index (χ3v) is 11.7. The van der Waals surface area contributed by atoms with Gasteiger partial charge in [0.2, 0.25) is 11.5 Å². The molecule has 0 amide bonds. The molecule has 0 saturated heterocycles. The lowest BCUT2D eigenvalue weighted by Crippen LogP contribution is -2.62. The molecule has 0 aliphatic carbocycles. The van der Waals surface area contributed by atoms with E-state index >= 15 is 4.79 Å². The molecule has 4 unspecified atom stereocenters. The number of carbonyl (C=O) groups excluding carboxylic acids is 2. The molecule has 0 aromatic carbocycles. The van der Waals surface area contributed by atoms with E-state index < -0.39 is 47.3 Å². The van der Waals surface area contributed by atoms with Crippen LogP contribution in [0.15, 0.2) is 11.5 Å². The highest BCUT2D eigenvalue weighted by Gasteiger charge is 2.65. The highest BCUT2D eigenvalue weighted by atomic mass is 16.6. The van der Waals surface area contributed by atoms with Gasteiger partial charge in [0.1, 0.15) is 6.10 Å². The first-order valence-electron chi connectivity index (χ1n) is 19.6. The fourth-order valence-electron chi connectivity index (χ4n) is 9.13. The molecule has 1 rings (SSSR count). The second-order valence-electron chi connectivity index (χ2n) is 14.9. The maximum atomic E-state index is 15.6. The molecule has 0 aromatic rings. The van der Waals surface area contributed by atoms with Crippen LogP contribution in [-0.2, 0) is 19.1 Å². The molecule has 0 fully saturated rings. The van der Waals surface area contributed by atoms with Crippen LogP contribution >= 0.6 is 0 Å². The molecule has 0 spiro atoms. The molecule has 3 N–H and O–H groups in total. The molecule has 0 aromatic heterocycles. The molecule has 7 heteroatoms. The van der Waals surface area contributed by atoms with Crippen LogP contribution in [0.3, 0.4) is 0 Å². The zero-order valence-corrected chi connectivity index (χ0v) is 31.9. The van der Waals surface area contributed by atoms with E-state index in [1.165, 1.54) is 19.3 Å². The lowest BCUT2D eigenvalue weighted by molar-refractivity contribution is -0.199. The minimum absolute atomic E-state index is 0.0346. The summed E-state index contributed by atoms with van der Waals surface area (Å²) in [7, 11) is 0. The van der Waals surface area contributed by atoms with Crippen LogP contribution < -0.4 is 0 Å². The Bertz CT molecular complexity index is 900. The third kappa shape index (κ3) is 10.4. The third-order valence-electron chi connectivity index (χ3n) is 11.7. The summed E-state index contributed by atoms with van der Waals surface area (Å²) in [6, 6.07) is 0. The van der Waals surface area contributed by atoms with Gasteiger partial charge in [0.05, 0.1) is 12.0 Å². The summed E-state index contributed by atoms with van der Waals surface area (Å²) in [6.07, 6.45) is 15.7. The van der Waals surface area contributed by atoms with Gasteiger partial charge in [-0.15, -0.1) is 0 Å². The van der Waals surface area contributed by atoms with E-state index in [9.17, 15) is 20.1 Å². The Balaban J connectivity index is 4.23. The summed E-state index contributed by atoms with van der Waals surface area (Å²) < 4.78 is 11.6. The Morgan fingerprint density at radius 1 is 0.723 bits per heavy atom. The van der Waals surface area contributed by atoms with Gasteiger partial charge in [0.15, 0.2) is 6.10 Å². The normalized spacial score (nSPS) is 21.0. The number of esters is 2. The van der Waals surface area contributed by atoms with Gasteiger partial charge in [-0.25, -0.2) is 4.79 Å². The van der Waals surface area contributed by atoms with Gasteiger partial charge < -0.3 is 24.8 Å². The highest BCUT2D eigenvalue weighted by Crippen LogP contribution is 2.65. The number of carbonyl (C=O) groups is 2. The molecular weight excluding hydrogens is 592 g/mol. The van der Waals surface area contributed by atoms with Crippen LogP contribution in [0.4, 0.5) is 0 Å². The molecule has 276 valence electrons. The summed E-state index contributed by atoms with van der Waals surface area (Å²) in [6.45, 7) is 19.6. The standard InChI is InChI=1S/C40H74O7/c1-10-15-20-21-22-27-39(29(6)23-16-11-2,30(7)24-17-12-3)40(31(8)25-18-13-4,32(9)26-19-14-5)38(45)47-36-34(43)37(44)46-35(36)33(42)28-41/h29-33,35,41-43H,10-28H2,1-9H3/t29?,30?,31?,32?,33-,35+,39?,40?/m0/s1. The number of cyclic esters (lactones) is 1. The first kappa shape index (κ1) is 43.4. The maximum absolute atomic E-state index is 15.6. The fourth-order valence-corrected chi connectivity index (χ4v) is 9.13. The van der Waals surface area contributed by atoms with E-state index in [0.29, 0.717) is 0 Å². The number of hydrogen-bond donors (Lipinski definition) is 3. The first-order valence-corrected chi connectivity index (χ1v) is 19.6. The number of aliphatic hydroxyl groups is 3. The van der Waals surface area contributed by atoms with Crippen molar-refractivity contribution in [1.29, 1.82) is 0 Å². The van der Waals surface area contributed by atoms with Crippen LogP contribution in [0, 0.1) is 34.5 Å². The molecule has 1 aliphatic rings. The molecule has 0 bridgehead atoms. The number of unbranched alkanes of at least 4 members (excludes halogenated alkanes) is 8. The van der Waals surface area contributed by atoms with Crippen molar-refractivity contribution < 1.29 is 34.4 Å². The summed E-state index contributed by atoms with van der Waals surface area (Å²) in [5.74, 6) is -2.25. The van der Waals surface area contributed by atoms with Crippen LogP contribution in [0.5, 0.6) is 0 Å². The highest BCUT2D eigenvalue weighted by molar-refractivity contribution is 5.90. The summed E-state index contributed by atoms with van der Waals surface area (Å²) in [5, 5.41) is 31.2. The second-order valence-corrected chi connectivity index (χ2v) is 14.9. The van der Waals surface area contributed by atoms with Gasteiger partial charge in [-0.05, 0) is 48.3 Å². The Hall–Kier alpha value is -1.60. The number of rotatable bonds is 27. The van der Waals surface area contributed by atoms with Crippen LogP contribution in [0.1, 0.15) is 178 Å². The zero-order valence-electron chi connectivity index (χ0n) is 31.9. The second kappa shape index (κ2) is 22.2. The Morgan fingerprint density at radius 3 is 1.57 bits per heavy atom. The first-order chi connectivity index (χ1) is 22.4. The van der Waals surface area contributed by atoms with Gasteiger partial charge in [0.25, 0.3) is 0 Å². The minimum atomic E-state index is -1.52. The van der Waals surface area contributed by atoms with Crippen molar-refractivity contribution in [2.75, 3.05) is 6.61 Å². The Labute approximate surface area is 288 Å². The Morgan fingerprint density at radius 2 is 1.15 bits per heavy atom. The van der Waals surface area contributed by atoms with Crippen LogP contribution in [0.2, 0.25) is 0 Å². The predicted molar refractivity (Wildman–Crippen MR) is 192 cm³/mol. The van der Waals surface area contributed by atoms with Crippen LogP contribution in [-0.4, -0.2) is 46.1 Å². The van der Waals surface area contributed by atoms with E-state index in [0.717, 1.165) is 96.3 Å². The van der Waals surface area contributed by atoms with Crippen molar-refractivity contribution in [2.24, 2.45) is 34.5 Å². The molecule has 0 saturated carbocycles. The average Bonchev–Trinajstić information content (AvgIpc) is 3.34. The van der Waals surface area contributed by atoms with Gasteiger partial charge in [-0.2, -0.15) is 0 Å². The fraction of sp³-hybridized carbons (Fsp3) is 0.900. The van der Waals surface area contributed by atoms with Gasteiger partial charge in [0, 0.05) is 0 Å². The molecule has 6 atom stereocenters. The molecule has 0 radical (unpaired) electrons. The van der Waals surface area contributed by atoms with Crippen molar-refractivity contribution in [3.63, 3.8) is 0 Å². The van der Waals surface area contributed by atoms with Gasteiger partial charge >= 0.3 is 11.9 Å². The number of aliphatic hydroxyl groups excluding tert-OH is 3. The van der Waals surface area contributed by atoms with E-state index in [4.69, 9.17) is 9.47 Å². The smallest absolute Gasteiger partial charge is 0.378 e. The average molecular weight is 667 g/mol. The molecule has 47 heavy (non-hydrogen) atoms. The van der Waals surface area contributed by atoms with Gasteiger partial charge in [-0.1, -0.05) is 159 Å². The topological polar surface area (TPSA) is 113 Å². The Kier molecular flexibility index (Phi) is 20.5.